The van der Waals surface area contributed by atoms with Crippen LogP contribution < -0.4 is 16.4 Å². The number of pyridine rings is 1. The number of primary amides is 1. The SMILES string of the molecule is CN(CCCN)c1ncc([N+](=O)[O-])cc1C(N)=O. The average molecular weight is 253 g/mol. The first kappa shape index (κ1) is 13.8. The van der Waals surface area contributed by atoms with Gasteiger partial charge in [0, 0.05) is 19.7 Å². The number of nitrogens with two attached hydrogens (primary N) is 2. The van der Waals surface area contributed by atoms with Gasteiger partial charge in [-0.15, -0.1) is 0 Å². The summed E-state index contributed by atoms with van der Waals surface area (Å²) in [5.74, 6) is -0.428. The Labute approximate surface area is 104 Å². The molecule has 18 heavy (non-hydrogen) atoms. The van der Waals surface area contributed by atoms with E-state index < -0.39 is 10.8 Å². The first-order chi connectivity index (χ1) is 8.47. The van der Waals surface area contributed by atoms with Gasteiger partial charge in [0.25, 0.3) is 11.6 Å². The molecule has 0 aliphatic rings. The summed E-state index contributed by atoms with van der Waals surface area (Å²) in [4.78, 5) is 26.9. The maximum Gasteiger partial charge on any atom is 0.288 e. The largest absolute Gasteiger partial charge is 0.365 e. The number of rotatable bonds is 6. The predicted molar refractivity (Wildman–Crippen MR) is 66.4 cm³/mol. The summed E-state index contributed by atoms with van der Waals surface area (Å²) < 4.78 is 0. The maximum absolute atomic E-state index is 11.3. The van der Waals surface area contributed by atoms with Crippen molar-refractivity contribution >= 4 is 17.4 Å². The molecule has 0 saturated heterocycles. The lowest BCUT2D eigenvalue weighted by Gasteiger charge is -2.19. The Balaban J connectivity index is 3.11. The molecule has 0 atom stereocenters. The van der Waals surface area contributed by atoms with E-state index in [0.29, 0.717) is 25.3 Å². The van der Waals surface area contributed by atoms with Crippen molar-refractivity contribution < 1.29 is 9.72 Å². The molecule has 98 valence electrons. The van der Waals surface area contributed by atoms with Crippen molar-refractivity contribution in [2.45, 2.75) is 6.42 Å². The molecule has 0 aliphatic carbocycles. The van der Waals surface area contributed by atoms with E-state index in [9.17, 15) is 14.9 Å². The minimum atomic E-state index is -0.749. The summed E-state index contributed by atoms with van der Waals surface area (Å²) in [5, 5.41) is 10.6. The van der Waals surface area contributed by atoms with Crippen LogP contribution in [0.3, 0.4) is 0 Å². The molecule has 1 aromatic rings. The number of hydrogen-bond donors (Lipinski definition) is 2. The van der Waals surface area contributed by atoms with Crippen molar-refractivity contribution in [3.05, 3.63) is 27.9 Å². The van der Waals surface area contributed by atoms with Crippen molar-refractivity contribution in [3.63, 3.8) is 0 Å². The van der Waals surface area contributed by atoms with E-state index in [1.54, 1.807) is 11.9 Å². The fraction of sp³-hybridized carbons (Fsp3) is 0.400. The van der Waals surface area contributed by atoms with Crippen LogP contribution in [0.15, 0.2) is 12.3 Å². The van der Waals surface area contributed by atoms with E-state index in [-0.39, 0.29) is 11.3 Å². The number of nitro groups is 1. The van der Waals surface area contributed by atoms with Gasteiger partial charge in [-0.2, -0.15) is 0 Å². The summed E-state index contributed by atoms with van der Waals surface area (Å²) >= 11 is 0. The van der Waals surface area contributed by atoms with Crippen LogP contribution in [0.5, 0.6) is 0 Å². The van der Waals surface area contributed by atoms with Crippen LogP contribution in [0, 0.1) is 10.1 Å². The number of amides is 1. The number of anilines is 1. The van der Waals surface area contributed by atoms with Gasteiger partial charge in [-0.1, -0.05) is 0 Å². The molecule has 0 spiro atoms. The summed E-state index contributed by atoms with van der Waals surface area (Å²) in [6.07, 6.45) is 1.81. The number of carbonyl (C=O) groups is 1. The second-order valence-electron chi connectivity index (χ2n) is 3.75. The lowest BCUT2D eigenvalue weighted by Crippen LogP contribution is -2.26. The van der Waals surface area contributed by atoms with Crippen molar-refractivity contribution in [2.24, 2.45) is 11.5 Å². The zero-order valence-electron chi connectivity index (χ0n) is 10.00. The first-order valence-electron chi connectivity index (χ1n) is 5.32. The molecule has 0 unspecified atom stereocenters. The van der Waals surface area contributed by atoms with Crippen molar-refractivity contribution in [3.8, 4) is 0 Å². The van der Waals surface area contributed by atoms with Gasteiger partial charge in [-0.05, 0) is 13.0 Å². The molecule has 0 radical (unpaired) electrons. The molecule has 0 saturated carbocycles. The highest BCUT2D eigenvalue weighted by Crippen LogP contribution is 2.21. The van der Waals surface area contributed by atoms with Crippen LogP contribution in [-0.2, 0) is 0 Å². The predicted octanol–water partition coefficient (Wildman–Crippen LogP) is -0.126. The van der Waals surface area contributed by atoms with E-state index in [2.05, 4.69) is 4.98 Å². The van der Waals surface area contributed by atoms with Gasteiger partial charge < -0.3 is 16.4 Å². The molecule has 1 aromatic heterocycles. The molecule has 1 rings (SSSR count). The van der Waals surface area contributed by atoms with Gasteiger partial charge in [-0.25, -0.2) is 4.98 Å². The smallest absolute Gasteiger partial charge is 0.288 e. The molecule has 4 N–H and O–H groups in total. The molecule has 1 heterocycles. The Morgan fingerprint density at radius 2 is 2.28 bits per heavy atom. The van der Waals surface area contributed by atoms with Crippen LogP contribution >= 0.6 is 0 Å². The third-order valence-corrected chi connectivity index (χ3v) is 2.39. The number of aromatic nitrogens is 1. The summed E-state index contributed by atoms with van der Waals surface area (Å²) in [5.41, 5.74) is 10.4. The van der Waals surface area contributed by atoms with Gasteiger partial charge in [0.05, 0.1) is 10.5 Å². The minimum absolute atomic E-state index is 0.0312. The van der Waals surface area contributed by atoms with Crippen LogP contribution in [0.1, 0.15) is 16.8 Å². The summed E-state index contributed by atoms with van der Waals surface area (Å²) in [7, 11) is 1.72. The highest BCUT2D eigenvalue weighted by molar-refractivity contribution is 5.98. The highest BCUT2D eigenvalue weighted by Gasteiger charge is 2.18. The van der Waals surface area contributed by atoms with Crippen molar-refractivity contribution in [1.29, 1.82) is 0 Å². The zero-order valence-corrected chi connectivity index (χ0v) is 10.00. The monoisotopic (exact) mass is 253 g/mol. The quantitative estimate of drug-likeness (QED) is 0.537. The van der Waals surface area contributed by atoms with E-state index >= 15 is 0 Å². The lowest BCUT2D eigenvalue weighted by molar-refractivity contribution is -0.385. The van der Waals surface area contributed by atoms with Crippen molar-refractivity contribution in [2.75, 3.05) is 25.0 Å². The third kappa shape index (κ3) is 3.14. The first-order valence-corrected chi connectivity index (χ1v) is 5.32. The van der Waals surface area contributed by atoms with Gasteiger partial charge in [-0.3, -0.25) is 14.9 Å². The number of nitrogens with zero attached hydrogens (tertiary/aromatic N) is 3. The van der Waals surface area contributed by atoms with Gasteiger partial charge >= 0.3 is 0 Å². The number of carbonyl (C=O) groups excluding carboxylic acids is 1. The molecule has 0 fully saturated rings. The Morgan fingerprint density at radius 3 is 2.78 bits per heavy atom. The lowest BCUT2D eigenvalue weighted by atomic mass is 10.2. The Bertz CT molecular complexity index is 463. The van der Waals surface area contributed by atoms with Gasteiger partial charge in [0.1, 0.15) is 12.0 Å². The van der Waals surface area contributed by atoms with E-state index in [0.717, 1.165) is 12.3 Å². The zero-order chi connectivity index (χ0) is 13.7. The maximum atomic E-state index is 11.3. The Hall–Kier alpha value is -2.22. The van der Waals surface area contributed by atoms with Gasteiger partial charge in [0.15, 0.2) is 0 Å². The minimum Gasteiger partial charge on any atom is -0.365 e. The Morgan fingerprint density at radius 1 is 1.61 bits per heavy atom. The van der Waals surface area contributed by atoms with Crippen LogP contribution in [-0.4, -0.2) is 36.0 Å². The molecular formula is C10H15N5O3. The fourth-order valence-corrected chi connectivity index (χ4v) is 1.47. The van der Waals surface area contributed by atoms with E-state index in [1.165, 1.54) is 0 Å². The van der Waals surface area contributed by atoms with E-state index in [4.69, 9.17) is 11.5 Å². The molecule has 0 bridgehead atoms. The topological polar surface area (TPSA) is 128 Å². The molecule has 8 heteroatoms. The standard InChI is InChI=1S/C10H15N5O3/c1-14(4-2-3-11)10-8(9(12)16)5-7(6-13-10)15(17)18/h5-6H,2-4,11H2,1H3,(H2,12,16). The molecule has 0 aromatic carbocycles. The molecule has 0 aliphatic heterocycles. The van der Waals surface area contributed by atoms with Gasteiger partial charge in [0.2, 0.25) is 0 Å². The summed E-state index contributed by atoms with van der Waals surface area (Å²) in [6, 6.07) is 1.13. The molecular weight excluding hydrogens is 238 g/mol. The van der Waals surface area contributed by atoms with E-state index in [1.807, 2.05) is 0 Å². The second-order valence-corrected chi connectivity index (χ2v) is 3.75. The highest BCUT2D eigenvalue weighted by atomic mass is 16.6. The second kappa shape index (κ2) is 5.92. The molecule has 1 amide bonds. The van der Waals surface area contributed by atoms with Crippen LogP contribution in [0.2, 0.25) is 0 Å². The van der Waals surface area contributed by atoms with Crippen molar-refractivity contribution in [1.82, 2.24) is 4.98 Å². The fourth-order valence-electron chi connectivity index (χ4n) is 1.47. The third-order valence-electron chi connectivity index (χ3n) is 2.39. The van der Waals surface area contributed by atoms with Crippen LogP contribution in [0.25, 0.3) is 0 Å². The van der Waals surface area contributed by atoms with Crippen LogP contribution in [0.4, 0.5) is 11.5 Å². The molecule has 8 nitrogen and oxygen atoms in total. The normalized spacial score (nSPS) is 10.1. The Kier molecular flexibility index (Phi) is 4.55. The number of hydrogen-bond acceptors (Lipinski definition) is 6. The average Bonchev–Trinajstić information content (AvgIpc) is 2.34. The summed E-state index contributed by atoms with van der Waals surface area (Å²) in [6.45, 7) is 1.09.